The molecule has 0 fully saturated rings. The lowest BCUT2D eigenvalue weighted by Crippen LogP contribution is -2.36. The molecule has 0 aromatic carbocycles. The molecule has 0 aliphatic carbocycles. The maximum absolute atomic E-state index is 11.2. The normalized spacial score (nSPS) is 10.8. The number of nitrogens with one attached hydrogen (secondary N) is 2. The summed E-state index contributed by atoms with van der Waals surface area (Å²) in [5.74, 6) is -1.42. The van der Waals surface area contributed by atoms with Gasteiger partial charge in [-0.25, -0.2) is 4.79 Å². The highest BCUT2D eigenvalue weighted by molar-refractivity contribution is 7.07. The third-order valence-electron chi connectivity index (χ3n) is 2.24. The molecular formula is C13H22N4O3S. The molecule has 0 bridgehead atoms. The van der Waals surface area contributed by atoms with Crippen molar-refractivity contribution in [3.63, 3.8) is 0 Å². The number of hydrogen-bond donors (Lipinski definition) is 4. The second-order valence-electron chi connectivity index (χ2n) is 4.03. The van der Waals surface area contributed by atoms with Gasteiger partial charge in [-0.2, -0.15) is 11.3 Å². The molecule has 0 aliphatic rings. The molecule has 21 heavy (non-hydrogen) atoms. The molecule has 1 atom stereocenters. The smallest absolute Gasteiger partial charge is 0.330 e. The van der Waals surface area contributed by atoms with Crippen molar-refractivity contribution in [3.8, 4) is 0 Å². The number of carbonyl (C=O) groups is 2. The molecule has 0 saturated carbocycles. The van der Waals surface area contributed by atoms with Crippen LogP contribution in [0, 0.1) is 5.41 Å². The zero-order chi connectivity index (χ0) is 16.1. The van der Waals surface area contributed by atoms with E-state index in [0.717, 1.165) is 0 Å². The third kappa shape index (κ3) is 11.6. The molecule has 0 radical (unpaired) electrons. The molecule has 0 unspecified atom stereocenters. The van der Waals surface area contributed by atoms with E-state index in [1.165, 1.54) is 0 Å². The molecule has 0 amide bonds. The molecule has 118 valence electrons. The van der Waals surface area contributed by atoms with Crippen LogP contribution in [0.5, 0.6) is 0 Å². The fourth-order valence-electron chi connectivity index (χ4n) is 1.15. The van der Waals surface area contributed by atoms with E-state index in [1.807, 2.05) is 22.9 Å². The molecule has 0 aliphatic heterocycles. The average Bonchev–Trinajstić information content (AvgIpc) is 3.02. The number of ether oxygens (including phenoxy) is 1. The molecule has 8 heteroatoms. The lowest BCUT2D eigenvalue weighted by molar-refractivity contribution is -0.160. The first-order valence-corrected chi connectivity index (χ1v) is 7.46. The first-order valence-electron chi connectivity index (χ1n) is 6.52. The number of hydrogen-bond acceptors (Lipinski definition) is 6. The second kappa shape index (κ2) is 11.9. The molecule has 6 N–H and O–H groups in total. The Morgan fingerprint density at radius 1 is 1.38 bits per heavy atom. The highest BCUT2D eigenvalue weighted by atomic mass is 32.1. The highest BCUT2D eigenvalue weighted by Crippen LogP contribution is 1.97. The van der Waals surface area contributed by atoms with Crippen LogP contribution >= 0.6 is 11.3 Å². The topological polar surface area (TPSA) is 131 Å². The number of nitrogens with two attached hydrogens (primary N) is 2. The minimum absolute atomic E-state index is 0.127. The van der Waals surface area contributed by atoms with E-state index in [4.69, 9.17) is 16.9 Å². The fraction of sp³-hybridized carbons (Fsp3) is 0.462. The van der Waals surface area contributed by atoms with Gasteiger partial charge < -0.3 is 21.5 Å². The van der Waals surface area contributed by atoms with E-state index in [-0.39, 0.29) is 12.4 Å². The maximum atomic E-state index is 11.2. The fourth-order valence-corrected chi connectivity index (χ4v) is 1.60. The van der Waals surface area contributed by atoms with Crippen molar-refractivity contribution in [1.29, 1.82) is 5.41 Å². The van der Waals surface area contributed by atoms with Gasteiger partial charge in [-0.1, -0.05) is 19.1 Å². The summed E-state index contributed by atoms with van der Waals surface area (Å²) in [5, 5.41) is 13.5. The number of rotatable bonds is 6. The minimum Gasteiger partial charge on any atom is -0.392 e. The van der Waals surface area contributed by atoms with Crippen molar-refractivity contribution in [2.75, 3.05) is 6.54 Å². The van der Waals surface area contributed by atoms with E-state index in [9.17, 15) is 9.59 Å². The van der Waals surface area contributed by atoms with Crippen molar-refractivity contribution in [2.24, 2.45) is 11.5 Å². The number of esters is 2. The van der Waals surface area contributed by atoms with E-state index in [0.29, 0.717) is 19.4 Å². The number of guanidine groups is 1. The van der Waals surface area contributed by atoms with E-state index < -0.39 is 18.0 Å². The Morgan fingerprint density at radius 2 is 2.00 bits per heavy atom. The Morgan fingerprint density at radius 3 is 2.43 bits per heavy atom. The van der Waals surface area contributed by atoms with Crippen molar-refractivity contribution in [1.82, 2.24) is 5.32 Å². The van der Waals surface area contributed by atoms with Gasteiger partial charge in [0.15, 0.2) is 5.96 Å². The minimum atomic E-state index is -0.816. The van der Waals surface area contributed by atoms with E-state index >= 15 is 0 Å². The van der Waals surface area contributed by atoms with Gasteiger partial charge in [0, 0.05) is 13.0 Å². The number of thiophene rings is 1. The van der Waals surface area contributed by atoms with Crippen LogP contribution in [-0.2, 0) is 14.3 Å². The van der Waals surface area contributed by atoms with Crippen molar-refractivity contribution < 1.29 is 14.3 Å². The first-order chi connectivity index (χ1) is 9.97. The van der Waals surface area contributed by atoms with Gasteiger partial charge in [0.2, 0.25) is 0 Å². The van der Waals surface area contributed by atoms with Gasteiger partial charge in [-0.05, 0) is 23.6 Å². The second-order valence-corrected chi connectivity index (χ2v) is 4.85. The molecule has 1 aromatic rings. The summed E-state index contributed by atoms with van der Waals surface area (Å²) in [5.41, 5.74) is 10.6. The average molecular weight is 314 g/mol. The Balaban J connectivity index is 0.000000662. The summed E-state index contributed by atoms with van der Waals surface area (Å²) in [6.45, 7) is 2.05. The van der Waals surface area contributed by atoms with Crippen LogP contribution in [0.15, 0.2) is 22.9 Å². The van der Waals surface area contributed by atoms with E-state index in [1.54, 1.807) is 18.3 Å². The van der Waals surface area contributed by atoms with Gasteiger partial charge in [0.1, 0.15) is 6.04 Å². The summed E-state index contributed by atoms with van der Waals surface area (Å²) in [7, 11) is 0. The summed E-state index contributed by atoms with van der Waals surface area (Å²) in [6.07, 6.45) is 1.08. The summed E-state index contributed by atoms with van der Waals surface area (Å²) in [6, 6.07) is 3.22. The molecule has 0 saturated heterocycles. The van der Waals surface area contributed by atoms with Gasteiger partial charge in [0.25, 0.3) is 0 Å². The first kappa shape index (κ1) is 19.1. The Bertz CT molecular complexity index is 406. The van der Waals surface area contributed by atoms with Crippen molar-refractivity contribution in [2.45, 2.75) is 32.2 Å². The van der Waals surface area contributed by atoms with Crippen LogP contribution in [-0.4, -0.2) is 30.5 Å². The van der Waals surface area contributed by atoms with Crippen molar-refractivity contribution >= 4 is 29.2 Å². The Hall–Kier alpha value is -1.93. The lowest BCUT2D eigenvalue weighted by atomic mass is 10.2. The summed E-state index contributed by atoms with van der Waals surface area (Å²) >= 11 is 1.71. The van der Waals surface area contributed by atoms with Crippen LogP contribution in [0.3, 0.4) is 0 Å². The highest BCUT2D eigenvalue weighted by Gasteiger charge is 2.17. The summed E-state index contributed by atoms with van der Waals surface area (Å²) in [4.78, 5) is 22.0. The van der Waals surface area contributed by atoms with E-state index in [2.05, 4.69) is 10.1 Å². The molecule has 1 heterocycles. The van der Waals surface area contributed by atoms with Crippen LogP contribution in [0.4, 0.5) is 0 Å². The number of carbonyl (C=O) groups excluding carboxylic acids is 2. The van der Waals surface area contributed by atoms with Gasteiger partial charge >= 0.3 is 11.9 Å². The molecule has 7 nitrogen and oxygen atoms in total. The Kier molecular flexibility index (Phi) is 10.8. The monoisotopic (exact) mass is 314 g/mol. The standard InChI is InChI=1S/C9H18N4O3.C4H4S/c1-2-7(14)16-8(15)6(10)4-3-5-13-9(11)12;1-2-4-5-3-1/h6H,2-5,10H2,1H3,(H4,11,12,13);1-4H/t6-;/m0./s1. The zero-order valence-corrected chi connectivity index (χ0v) is 12.8. The molecule has 1 aromatic heterocycles. The predicted octanol–water partition coefficient (Wildman–Crippen LogP) is 0.805. The molecular weight excluding hydrogens is 292 g/mol. The predicted molar refractivity (Wildman–Crippen MR) is 82.8 cm³/mol. The van der Waals surface area contributed by atoms with Gasteiger partial charge in [-0.3, -0.25) is 10.2 Å². The zero-order valence-electron chi connectivity index (χ0n) is 12.0. The van der Waals surface area contributed by atoms with Crippen LogP contribution in [0.1, 0.15) is 26.2 Å². The third-order valence-corrected chi connectivity index (χ3v) is 2.87. The van der Waals surface area contributed by atoms with Crippen molar-refractivity contribution in [3.05, 3.63) is 22.9 Å². The van der Waals surface area contributed by atoms with Crippen LogP contribution in [0.25, 0.3) is 0 Å². The molecule has 1 rings (SSSR count). The lowest BCUT2D eigenvalue weighted by Gasteiger charge is -2.10. The van der Waals surface area contributed by atoms with Crippen LogP contribution < -0.4 is 16.8 Å². The van der Waals surface area contributed by atoms with Gasteiger partial charge in [-0.15, -0.1) is 0 Å². The van der Waals surface area contributed by atoms with Gasteiger partial charge in [0.05, 0.1) is 0 Å². The largest absolute Gasteiger partial charge is 0.392 e. The Labute approximate surface area is 128 Å². The maximum Gasteiger partial charge on any atom is 0.330 e. The SMILES string of the molecule is CCC(=O)OC(=O)[C@@H](N)CCCNC(=N)N.c1ccsc1. The quantitative estimate of drug-likeness (QED) is 0.202. The summed E-state index contributed by atoms with van der Waals surface area (Å²) < 4.78 is 4.45. The molecule has 0 spiro atoms. The van der Waals surface area contributed by atoms with Crippen LogP contribution in [0.2, 0.25) is 0 Å².